The van der Waals surface area contributed by atoms with E-state index in [1.165, 1.54) is 4.90 Å². The molecule has 0 saturated heterocycles. The van der Waals surface area contributed by atoms with E-state index < -0.39 is 0 Å². The van der Waals surface area contributed by atoms with Gasteiger partial charge in [0, 0.05) is 12.7 Å². The highest BCUT2D eigenvalue weighted by Crippen LogP contribution is 1.98. The standard InChI is InChI=1S/C8H8N2O/c1-9-7-8(11)10-5-3-2-4-6-10/h2-5H,6-7H2. The number of rotatable bonds is 1. The van der Waals surface area contributed by atoms with Gasteiger partial charge in [-0.25, -0.2) is 6.57 Å². The molecule has 1 aliphatic heterocycles. The molecule has 56 valence electrons. The van der Waals surface area contributed by atoms with Crippen LogP contribution in [0.4, 0.5) is 0 Å². The van der Waals surface area contributed by atoms with Gasteiger partial charge >= 0.3 is 5.91 Å². The van der Waals surface area contributed by atoms with E-state index >= 15 is 0 Å². The minimum atomic E-state index is -0.138. The summed E-state index contributed by atoms with van der Waals surface area (Å²) in [6.07, 6.45) is 7.22. The van der Waals surface area contributed by atoms with E-state index in [2.05, 4.69) is 4.85 Å². The van der Waals surface area contributed by atoms with Gasteiger partial charge in [-0.2, -0.15) is 0 Å². The zero-order valence-electron chi connectivity index (χ0n) is 6.03. The Morgan fingerprint density at radius 2 is 2.45 bits per heavy atom. The first-order valence-electron chi connectivity index (χ1n) is 3.30. The first kappa shape index (κ1) is 7.55. The second kappa shape index (κ2) is 3.57. The summed E-state index contributed by atoms with van der Waals surface area (Å²) in [5.74, 6) is -0.138. The number of amides is 1. The summed E-state index contributed by atoms with van der Waals surface area (Å²) in [6.45, 7) is 7.02. The van der Waals surface area contributed by atoms with Crippen LogP contribution in [0, 0.1) is 6.57 Å². The zero-order valence-corrected chi connectivity index (χ0v) is 6.03. The van der Waals surface area contributed by atoms with Crippen LogP contribution in [0.15, 0.2) is 24.4 Å². The predicted molar refractivity (Wildman–Crippen MR) is 41.5 cm³/mol. The fourth-order valence-corrected chi connectivity index (χ4v) is 0.811. The Balaban J connectivity index is 2.50. The minimum Gasteiger partial charge on any atom is -0.309 e. The molecule has 0 atom stereocenters. The van der Waals surface area contributed by atoms with E-state index in [1.54, 1.807) is 12.3 Å². The molecule has 3 nitrogen and oxygen atoms in total. The van der Waals surface area contributed by atoms with E-state index in [0.717, 1.165) is 0 Å². The maximum Gasteiger partial charge on any atom is 0.306 e. The van der Waals surface area contributed by atoms with Crippen molar-refractivity contribution in [2.45, 2.75) is 0 Å². The quantitative estimate of drug-likeness (QED) is 0.505. The monoisotopic (exact) mass is 148 g/mol. The second-order valence-electron chi connectivity index (χ2n) is 2.13. The van der Waals surface area contributed by atoms with Gasteiger partial charge in [-0.3, -0.25) is 4.79 Å². The molecule has 1 rings (SSSR count). The largest absolute Gasteiger partial charge is 0.309 e. The number of hydrogen-bond donors (Lipinski definition) is 0. The molecule has 0 aromatic carbocycles. The number of carbonyl (C=O) groups excluding carboxylic acids is 1. The van der Waals surface area contributed by atoms with Crippen LogP contribution in [0.5, 0.6) is 0 Å². The van der Waals surface area contributed by atoms with Crippen molar-refractivity contribution in [2.24, 2.45) is 0 Å². The maximum absolute atomic E-state index is 11.0. The summed E-state index contributed by atoms with van der Waals surface area (Å²) in [5.41, 5.74) is 0. The molecule has 0 unspecified atom stereocenters. The van der Waals surface area contributed by atoms with Gasteiger partial charge in [-0.05, 0) is 6.08 Å². The lowest BCUT2D eigenvalue weighted by molar-refractivity contribution is -0.126. The fourth-order valence-electron chi connectivity index (χ4n) is 0.811. The molecule has 1 heterocycles. The highest BCUT2D eigenvalue weighted by atomic mass is 16.2. The van der Waals surface area contributed by atoms with Crippen molar-refractivity contribution in [3.05, 3.63) is 35.8 Å². The molecule has 0 aliphatic carbocycles. The normalized spacial score (nSPS) is 14.6. The SMILES string of the molecule is [C-]#[N+]CC(=O)N1C=CC=CC1. The highest BCUT2D eigenvalue weighted by molar-refractivity contribution is 5.81. The van der Waals surface area contributed by atoms with E-state index in [9.17, 15) is 4.79 Å². The van der Waals surface area contributed by atoms with Gasteiger partial charge in [0.1, 0.15) is 0 Å². The highest BCUT2D eigenvalue weighted by Gasteiger charge is 2.11. The van der Waals surface area contributed by atoms with Gasteiger partial charge in [0.15, 0.2) is 0 Å². The second-order valence-corrected chi connectivity index (χ2v) is 2.13. The van der Waals surface area contributed by atoms with Gasteiger partial charge in [0.05, 0.1) is 0 Å². The van der Waals surface area contributed by atoms with Crippen molar-refractivity contribution in [2.75, 3.05) is 13.1 Å². The summed E-state index contributed by atoms with van der Waals surface area (Å²) in [7, 11) is 0. The van der Waals surface area contributed by atoms with E-state index in [4.69, 9.17) is 6.57 Å². The molecule has 1 aliphatic rings. The Kier molecular flexibility index (Phi) is 2.45. The van der Waals surface area contributed by atoms with Crippen molar-refractivity contribution < 1.29 is 4.79 Å². The van der Waals surface area contributed by atoms with Crippen LogP contribution in [0.25, 0.3) is 4.85 Å². The van der Waals surface area contributed by atoms with Crippen LogP contribution < -0.4 is 0 Å². The van der Waals surface area contributed by atoms with Crippen molar-refractivity contribution >= 4 is 5.91 Å². The minimum absolute atomic E-state index is 0.0574. The Bertz CT molecular complexity index is 247. The molecular weight excluding hydrogens is 140 g/mol. The van der Waals surface area contributed by atoms with E-state index in [0.29, 0.717) is 6.54 Å². The lowest BCUT2D eigenvalue weighted by atomic mass is 10.3. The lowest BCUT2D eigenvalue weighted by Gasteiger charge is -2.14. The lowest BCUT2D eigenvalue weighted by Crippen LogP contribution is -2.28. The molecule has 0 spiro atoms. The van der Waals surface area contributed by atoms with Crippen molar-refractivity contribution in [1.29, 1.82) is 0 Å². The van der Waals surface area contributed by atoms with Crippen LogP contribution in [-0.2, 0) is 4.79 Å². The number of allylic oxidation sites excluding steroid dienone is 2. The van der Waals surface area contributed by atoms with Crippen LogP contribution in [0.1, 0.15) is 0 Å². The molecule has 11 heavy (non-hydrogen) atoms. The predicted octanol–water partition coefficient (Wildman–Crippen LogP) is 0.818. The molecular formula is C8H8N2O. The van der Waals surface area contributed by atoms with Crippen LogP contribution in [0.3, 0.4) is 0 Å². The third-order valence-electron chi connectivity index (χ3n) is 1.35. The zero-order chi connectivity index (χ0) is 8.10. The molecule has 0 fully saturated rings. The topological polar surface area (TPSA) is 24.7 Å². The summed E-state index contributed by atoms with van der Waals surface area (Å²) in [5, 5.41) is 0. The number of carbonyl (C=O) groups is 1. The van der Waals surface area contributed by atoms with Gasteiger partial charge in [-0.15, -0.1) is 0 Å². The molecule has 0 saturated carbocycles. The third-order valence-corrected chi connectivity index (χ3v) is 1.35. The average molecular weight is 148 g/mol. The molecule has 0 aromatic rings. The molecule has 0 radical (unpaired) electrons. The molecule has 3 heteroatoms. The third kappa shape index (κ3) is 1.94. The van der Waals surface area contributed by atoms with Crippen molar-refractivity contribution in [1.82, 2.24) is 4.90 Å². The van der Waals surface area contributed by atoms with E-state index in [-0.39, 0.29) is 12.5 Å². The number of nitrogens with zero attached hydrogens (tertiary/aromatic N) is 2. The van der Waals surface area contributed by atoms with Gasteiger partial charge in [0.2, 0.25) is 0 Å². The van der Waals surface area contributed by atoms with E-state index in [1.807, 2.05) is 12.2 Å². The maximum atomic E-state index is 11.0. The number of hydrogen-bond acceptors (Lipinski definition) is 1. The first-order valence-corrected chi connectivity index (χ1v) is 3.30. The Hall–Kier alpha value is -1.56. The Morgan fingerprint density at radius 1 is 1.64 bits per heavy atom. The summed E-state index contributed by atoms with van der Waals surface area (Å²) in [4.78, 5) is 15.6. The Morgan fingerprint density at radius 3 is 3.00 bits per heavy atom. The van der Waals surface area contributed by atoms with Crippen LogP contribution >= 0.6 is 0 Å². The van der Waals surface area contributed by atoms with Crippen molar-refractivity contribution in [3.63, 3.8) is 0 Å². The molecule has 0 N–H and O–H groups in total. The summed E-state index contributed by atoms with van der Waals surface area (Å²) < 4.78 is 0. The smallest absolute Gasteiger partial charge is 0.306 e. The summed E-state index contributed by atoms with van der Waals surface area (Å²) in [6, 6.07) is 0. The molecule has 1 amide bonds. The Labute approximate surface area is 65.4 Å². The fraction of sp³-hybridized carbons (Fsp3) is 0.250. The van der Waals surface area contributed by atoms with Crippen LogP contribution in [0.2, 0.25) is 0 Å². The van der Waals surface area contributed by atoms with Crippen LogP contribution in [-0.4, -0.2) is 23.9 Å². The molecule has 0 aromatic heterocycles. The van der Waals surface area contributed by atoms with Gasteiger partial charge in [0.25, 0.3) is 6.54 Å². The summed E-state index contributed by atoms with van der Waals surface area (Å²) >= 11 is 0. The van der Waals surface area contributed by atoms with Gasteiger partial charge < -0.3 is 9.74 Å². The first-order chi connectivity index (χ1) is 5.34. The van der Waals surface area contributed by atoms with Gasteiger partial charge in [-0.1, -0.05) is 12.2 Å². The van der Waals surface area contributed by atoms with Crippen molar-refractivity contribution in [3.8, 4) is 0 Å². The molecule has 0 bridgehead atoms. The average Bonchev–Trinajstić information content (AvgIpc) is 2.07.